The van der Waals surface area contributed by atoms with E-state index in [1.807, 2.05) is 0 Å². The average Bonchev–Trinajstić information content (AvgIpc) is 3.05. The van der Waals surface area contributed by atoms with Gasteiger partial charge < -0.3 is 9.15 Å². The van der Waals surface area contributed by atoms with Crippen LogP contribution in [0.15, 0.2) is 34.9 Å². The Balaban J connectivity index is 1.65. The van der Waals surface area contributed by atoms with Crippen molar-refractivity contribution >= 4 is 5.69 Å². The third-order valence-electron chi connectivity index (χ3n) is 4.24. The maximum absolute atomic E-state index is 10.9. The van der Waals surface area contributed by atoms with Crippen LogP contribution in [0.3, 0.4) is 0 Å². The number of nitrogens with zero attached hydrogens (tertiary/aromatic N) is 3. The fourth-order valence-electron chi connectivity index (χ4n) is 2.85. The molecule has 0 bridgehead atoms. The molecule has 2 heterocycles. The van der Waals surface area contributed by atoms with E-state index in [-0.39, 0.29) is 11.8 Å². The van der Waals surface area contributed by atoms with Crippen molar-refractivity contribution in [2.75, 3.05) is 19.7 Å². The van der Waals surface area contributed by atoms with Gasteiger partial charge >= 0.3 is 0 Å². The Morgan fingerprint density at radius 3 is 3.04 bits per heavy atom. The Bertz CT molecular complexity index is 715. The smallest absolute Gasteiger partial charge is 0.270 e. The Kier molecular flexibility index (Phi) is 4.92. The molecule has 0 aliphatic carbocycles. The molecule has 0 saturated carbocycles. The molecule has 0 N–H and O–H groups in total. The number of rotatable bonds is 5. The minimum absolute atomic E-state index is 0.0431. The lowest BCUT2D eigenvalue weighted by Gasteiger charge is -2.36. The lowest BCUT2D eigenvalue weighted by atomic mass is 10.2. The van der Waals surface area contributed by atoms with Gasteiger partial charge in [-0.25, -0.2) is 4.98 Å². The molecule has 1 aliphatic rings. The van der Waals surface area contributed by atoms with Gasteiger partial charge in [0.05, 0.1) is 23.8 Å². The van der Waals surface area contributed by atoms with E-state index in [9.17, 15) is 10.1 Å². The molecule has 3 rings (SSSR count). The second-order valence-corrected chi connectivity index (χ2v) is 6.16. The maximum Gasteiger partial charge on any atom is 0.270 e. The summed E-state index contributed by atoms with van der Waals surface area (Å²) in [5, 5.41) is 10.9. The number of hydrogen-bond acceptors (Lipinski definition) is 6. The summed E-state index contributed by atoms with van der Waals surface area (Å²) in [6.07, 6.45) is 2.57. The van der Waals surface area contributed by atoms with Crippen molar-refractivity contribution in [3.8, 4) is 11.3 Å². The van der Waals surface area contributed by atoms with E-state index in [1.165, 1.54) is 12.1 Å². The number of morpholine rings is 1. The van der Waals surface area contributed by atoms with Gasteiger partial charge in [-0.1, -0.05) is 12.1 Å². The van der Waals surface area contributed by atoms with E-state index in [4.69, 9.17) is 9.15 Å². The topological polar surface area (TPSA) is 81.6 Å². The molecular weight excluding hydrogens is 310 g/mol. The molecule has 0 unspecified atom stereocenters. The van der Waals surface area contributed by atoms with E-state index >= 15 is 0 Å². The molecule has 2 aromatic rings. The highest BCUT2D eigenvalue weighted by Crippen LogP contribution is 2.24. The molecule has 128 valence electrons. The summed E-state index contributed by atoms with van der Waals surface area (Å²) in [5.41, 5.74) is 0.706. The highest BCUT2D eigenvalue weighted by molar-refractivity contribution is 5.60. The first-order chi connectivity index (χ1) is 11.5. The Hall–Kier alpha value is -2.25. The molecule has 1 aliphatic heterocycles. The van der Waals surface area contributed by atoms with E-state index in [1.54, 1.807) is 18.3 Å². The number of non-ortho nitro benzene ring substituents is 1. The van der Waals surface area contributed by atoms with Crippen molar-refractivity contribution < 1.29 is 14.1 Å². The van der Waals surface area contributed by atoms with Crippen LogP contribution in [0.4, 0.5) is 5.69 Å². The predicted molar refractivity (Wildman–Crippen MR) is 88.7 cm³/mol. The number of oxazole rings is 1. The van der Waals surface area contributed by atoms with E-state index < -0.39 is 4.92 Å². The largest absolute Gasteiger partial charge is 0.441 e. The molecule has 0 radical (unpaired) electrons. The molecule has 0 spiro atoms. The number of hydrogen-bond donors (Lipinski definition) is 0. The van der Waals surface area contributed by atoms with Crippen molar-refractivity contribution in [2.24, 2.45) is 0 Å². The quantitative estimate of drug-likeness (QED) is 0.619. The zero-order valence-corrected chi connectivity index (χ0v) is 13.8. The Labute approximate surface area is 140 Å². The average molecular weight is 331 g/mol. The van der Waals surface area contributed by atoms with Gasteiger partial charge in [-0.05, 0) is 13.8 Å². The first kappa shape index (κ1) is 16.6. The molecule has 1 fully saturated rings. The van der Waals surface area contributed by atoms with Gasteiger partial charge in [0.15, 0.2) is 11.7 Å². The van der Waals surface area contributed by atoms with Crippen LogP contribution < -0.4 is 0 Å². The van der Waals surface area contributed by atoms with Crippen molar-refractivity contribution in [3.05, 3.63) is 46.5 Å². The Morgan fingerprint density at radius 2 is 2.25 bits per heavy atom. The summed E-state index contributed by atoms with van der Waals surface area (Å²) in [7, 11) is 0. The minimum atomic E-state index is -0.415. The zero-order valence-electron chi connectivity index (χ0n) is 13.8. The van der Waals surface area contributed by atoms with E-state index in [0.29, 0.717) is 29.7 Å². The van der Waals surface area contributed by atoms with Crippen LogP contribution in [0, 0.1) is 10.1 Å². The van der Waals surface area contributed by atoms with Gasteiger partial charge in [0, 0.05) is 43.2 Å². The van der Waals surface area contributed by atoms with Gasteiger partial charge in [-0.3, -0.25) is 15.0 Å². The summed E-state index contributed by atoms with van der Waals surface area (Å²) < 4.78 is 11.4. The number of ether oxygens (including phenoxy) is 1. The summed E-state index contributed by atoms with van der Waals surface area (Å²) in [4.78, 5) is 17.1. The lowest BCUT2D eigenvalue weighted by Crippen LogP contribution is -2.47. The van der Waals surface area contributed by atoms with Gasteiger partial charge in [0.1, 0.15) is 0 Å². The molecule has 1 aromatic carbocycles. The normalized spacial score (nSPS) is 21.8. The fraction of sp³-hybridized carbons (Fsp3) is 0.471. The second-order valence-electron chi connectivity index (χ2n) is 6.16. The summed E-state index contributed by atoms with van der Waals surface area (Å²) in [5.74, 6) is 1.19. The van der Waals surface area contributed by atoms with Crippen LogP contribution in [0.25, 0.3) is 11.3 Å². The summed E-state index contributed by atoms with van der Waals surface area (Å²) in [6.45, 7) is 6.72. The molecule has 7 heteroatoms. The maximum atomic E-state index is 10.9. The predicted octanol–water partition coefficient (Wildman–Crippen LogP) is 2.90. The summed E-state index contributed by atoms with van der Waals surface area (Å²) >= 11 is 0. The molecule has 2 atom stereocenters. The van der Waals surface area contributed by atoms with Gasteiger partial charge in [-0.15, -0.1) is 0 Å². The van der Waals surface area contributed by atoms with Crippen LogP contribution >= 0.6 is 0 Å². The van der Waals surface area contributed by atoms with Gasteiger partial charge in [0.2, 0.25) is 0 Å². The van der Waals surface area contributed by atoms with Crippen molar-refractivity contribution in [2.45, 2.75) is 32.4 Å². The van der Waals surface area contributed by atoms with Crippen LogP contribution in [0.1, 0.15) is 19.7 Å². The van der Waals surface area contributed by atoms with Crippen molar-refractivity contribution in [3.63, 3.8) is 0 Å². The monoisotopic (exact) mass is 331 g/mol. The van der Waals surface area contributed by atoms with E-state index in [0.717, 1.165) is 19.7 Å². The number of aromatic nitrogens is 1. The number of nitro benzene ring substituents is 1. The summed E-state index contributed by atoms with van der Waals surface area (Å²) in [6, 6.07) is 6.76. The third-order valence-corrected chi connectivity index (χ3v) is 4.24. The Morgan fingerprint density at radius 1 is 1.42 bits per heavy atom. The highest BCUT2D eigenvalue weighted by Gasteiger charge is 2.23. The third kappa shape index (κ3) is 3.80. The molecule has 1 aromatic heterocycles. The van der Waals surface area contributed by atoms with Crippen molar-refractivity contribution in [1.29, 1.82) is 0 Å². The number of nitro groups is 1. The van der Waals surface area contributed by atoms with Crippen molar-refractivity contribution in [1.82, 2.24) is 9.88 Å². The van der Waals surface area contributed by atoms with Crippen LogP contribution in [0.5, 0.6) is 0 Å². The highest BCUT2D eigenvalue weighted by atomic mass is 16.6. The molecule has 0 amide bonds. The lowest BCUT2D eigenvalue weighted by molar-refractivity contribution is -0.384. The first-order valence-corrected chi connectivity index (χ1v) is 8.08. The van der Waals surface area contributed by atoms with Crippen LogP contribution in [-0.4, -0.2) is 46.6 Å². The zero-order chi connectivity index (χ0) is 17.1. The standard InChI is InChI=1S/C17H21N3O4/c1-12-11-23-13(2)10-19(12)7-6-17-18-9-16(24-17)14-4-3-5-15(8-14)20(21)22/h3-5,8-9,12-13H,6-7,10-11H2,1-2H3/t12-,13+/m0/s1. The SMILES string of the molecule is C[C@@H]1CN(CCc2ncc(-c3cccc([N+](=O)[O-])c3)o2)[C@@H](C)CO1. The van der Waals surface area contributed by atoms with E-state index in [2.05, 4.69) is 23.7 Å². The fourth-order valence-corrected chi connectivity index (χ4v) is 2.85. The molecule has 24 heavy (non-hydrogen) atoms. The second kappa shape index (κ2) is 7.11. The number of benzene rings is 1. The minimum Gasteiger partial charge on any atom is -0.441 e. The molecule has 7 nitrogen and oxygen atoms in total. The molecular formula is C17H21N3O4. The first-order valence-electron chi connectivity index (χ1n) is 8.08. The van der Waals surface area contributed by atoms with Crippen LogP contribution in [-0.2, 0) is 11.2 Å². The van der Waals surface area contributed by atoms with Gasteiger partial charge in [0.25, 0.3) is 5.69 Å². The van der Waals surface area contributed by atoms with Gasteiger partial charge in [-0.2, -0.15) is 0 Å². The molecule has 1 saturated heterocycles. The van der Waals surface area contributed by atoms with Crippen LogP contribution in [0.2, 0.25) is 0 Å².